The Kier molecular flexibility index (Phi) is 3.70. The molecule has 0 aliphatic heterocycles. The molecule has 0 unspecified atom stereocenters. The molecule has 1 heterocycles. The van der Waals surface area contributed by atoms with E-state index in [0.29, 0.717) is 18.9 Å². The number of hydrogen-bond acceptors (Lipinski definition) is 5. The highest BCUT2D eigenvalue weighted by atomic mass is 15.3. The van der Waals surface area contributed by atoms with E-state index in [2.05, 4.69) is 21.3 Å². The molecule has 0 saturated heterocycles. The molecule has 0 fully saturated rings. The topological polar surface area (TPSA) is 65.7 Å². The minimum Gasteiger partial charge on any atom is -0.308 e. The molecule has 3 aromatic rings. The van der Waals surface area contributed by atoms with Crippen LogP contribution in [0.2, 0.25) is 0 Å². The van der Waals surface area contributed by atoms with Crippen molar-refractivity contribution in [2.45, 2.75) is 6.42 Å². The molecule has 3 rings (SSSR count). The zero-order valence-electron chi connectivity index (χ0n) is 11.3. The molecular weight excluding hydrogens is 262 g/mol. The third kappa shape index (κ3) is 2.79. The maximum atomic E-state index is 8.85. The van der Waals surface area contributed by atoms with E-state index in [4.69, 9.17) is 5.26 Å². The summed E-state index contributed by atoms with van der Waals surface area (Å²) in [4.78, 5) is 6.45. The van der Waals surface area contributed by atoms with Crippen LogP contribution >= 0.6 is 0 Å². The number of anilines is 2. The van der Waals surface area contributed by atoms with Gasteiger partial charge in [0.25, 0.3) is 0 Å². The van der Waals surface area contributed by atoms with Crippen molar-refractivity contribution in [3.63, 3.8) is 0 Å². The Labute approximate surface area is 122 Å². The average Bonchev–Trinajstić information content (AvgIpc) is 2.56. The lowest BCUT2D eigenvalue weighted by molar-refractivity contribution is 0.874. The fourth-order valence-electron chi connectivity index (χ4n) is 2.10. The van der Waals surface area contributed by atoms with Crippen LogP contribution in [0.5, 0.6) is 0 Å². The fourth-order valence-corrected chi connectivity index (χ4v) is 2.10. The molecule has 0 amide bonds. The first kappa shape index (κ1) is 13.0. The van der Waals surface area contributed by atoms with E-state index in [9.17, 15) is 0 Å². The molecule has 102 valence electrons. The third-order valence-corrected chi connectivity index (χ3v) is 3.11. The van der Waals surface area contributed by atoms with Gasteiger partial charge in [-0.25, -0.2) is 4.98 Å². The molecule has 0 N–H and O–H groups in total. The molecule has 1 aromatic heterocycles. The molecule has 21 heavy (non-hydrogen) atoms. The van der Waals surface area contributed by atoms with E-state index in [1.54, 1.807) is 0 Å². The van der Waals surface area contributed by atoms with Crippen LogP contribution in [0.15, 0.2) is 54.6 Å². The van der Waals surface area contributed by atoms with Crippen molar-refractivity contribution in [2.24, 2.45) is 0 Å². The third-order valence-electron chi connectivity index (χ3n) is 3.11. The molecule has 0 saturated carbocycles. The molecule has 0 atom stereocenters. The van der Waals surface area contributed by atoms with Crippen molar-refractivity contribution in [1.29, 1.82) is 5.26 Å². The van der Waals surface area contributed by atoms with Gasteiger partial charge in [-0.2, -0.15) is 5.26 Å². The number of nitriles is 1. The van der Waals surface area contributed by atoms with Crippen molar-refractivity contribution in [3.8, 4) is 6.07 Å². The number of fused-ring (bicyclic) bond motifs is 1. The van der Waals surface area contributed by atoms with Gasteiger partial charge < -0.3 is 4.90 Å². The number of rotatable bonds is 4. The number of para-hydroxylation sites is 2. The zero-order chi connectivity index (χ0) is 14.5. The highest BCUT2D eigenvalue weighted by Gasteiger charge is 2.13. The largest absolute Gasteiger partial charge is 0.308 e. The molecule has 0 bridgehead atoms. The molecular formula is C16H13N5. The zero-order valence-corrected chi connectivity index (χ0v) is 11.3. The average molecular weight is 275 g/mol. The Bertz CT molecular complexity index is 779. The second-order valence-corrected chi connectivity index (χ2v) is 4.50. The van der Waals surface area contributed by atoms with Gasteiger partial charge in [0.2, 0.25) is 5.95 Å². The first-order chi connectivity index (χ1) is 10.4. The van der Waals surface area contributed by atoms with E-state index in [1.807, 2.05) is 59.5 Å². The second-order valence-electron chi connectivity index (χ2n) is 4.50. The molecule has 2 aromatic carbocycles. The molecule has 0 radical (unpaired) electrons. The number of nitrogens with zero attached hydrogens (tertiary/aromatic N) is 5. The minimum atomic E-state index is 0.394. The summed E-state index contributed by atoms with van der Waals surface area (Å²) in [5, 5.41) is 17.2. The van der Waals surface area contributed by atoms with Gasteiger partial charge in [-0.05, 0) is 24.3 Å². The molecule has 5 nitrogen and oxygen atoms in total. The molecule has 0 aliphatic carbocycles. The summed E-state index contributed by atoms with van der Waals surface area (Å²) < 4.78 is 0. The van der Waals surface area contributed by atoms with E-state index in [-0.39, 0.29) is 0 Å². The summed E-state index contributed by atoms with van der Waals surface area (Å²) in [5.74, 6) is 0.509. The van der Waals surface area contributed by atoms with E-state index >= 15 is 0 Å². The predicted molar refractivity (Wildman–Crippen MR) is 81.0 cm³/mol. The van der Waals surface area contributed by atoms with Crippen LogP contribution in [0, 0.1) is 11.3 Å². The highest BCUT2D eigenvalue weighted by molar-refractivity contribution is 5.75. The van der Waals surface area contributed by atoms with Crippen LogP contribution in [0.25, 0.3) is 11.0 Å². The van der Waals surface area contributed by atoms with E-state index in [1.165, 1.54) is 0 Å². The molecule has 5 heteroatoms. The standard InChI is InChI=1S/C16H13N5/c17-11-6-12-21(13-7-2-1-3-8-13)16-18-14-9-4-5-10-15(14)19-20-16/h1-5,7-10H,6,12H2. The summed E-state index contributed by atoms with van der Waals surface area (Å²) in [7, 11) is 0. The minimum absolute atomic E-state index is 0.394. The molecule has 0 spiro atoms. The normalized spacial score (nSPS) is 10.2. The van der Waals surface area contributed by atoms with E-state index < -0.39 is 0 Å². The number of aromatic nitrogens is 3. The van der Waals surface area contributed by atoms with E-state index in [0.717, 1.165) is 16.7 Å². The SMILES string of the molecule is N#CCCN(c1ccccc1)c1nnc2ccccc2n1. The van der Waals surface area contributed by atoms with Crippen LogP contribution in [-0.4, -0.2) is 21.7 Å². The van der Waals surface area contributed by atoms with Crippen molar-refractivity contribution in [2.75, 3.05) is 11.4 Å². The fraction of sp³-hybridized carbons (Fsp3) is 0.125. The van der Waals surface area contributed by atoms with Gasteiger partial charge in [0.15, 0.2) is 0 Å². The van der Waals surface area contributed by atoms with Crippen LogP contribution < -0.4 is 4.90 Å². The lowest BCUT2D eigenvalue weighted by Crippen LogP contribution is -2.21. The Balaban J connectivity index is 2.03. The highest BCUT2D eigenvalue weighted by Crippen LogP contribution is 2.22. The van der Waals surface area contributed by atoms with Gasteiger partial charge in [-0.3, -0.25) is 0 Å². The van der Waals surface area contributed by atoms with Gasteiger partial charge in [0.1, 0.15) is 5.52 Å². The smallest absolute Gasteiger partial charge is 0.250 e. The summed E-state index contributed by atoms with van der Waals surface area (Å²) >= 11 is 0. The predicted octanol–water partition coefficient (Wildman–Crippen LogP) is 3.08. The summed E-state index contributed by atoms with van der Waals surface area (Å²) in [6.45, 7) is 0.528. The van der Waals surface area contributed by atoms with Crippen molar-refractivity contribution < 1.29 is 0 Å². The van der Waals surface area contributed by atoms with Crippen LogP contribution in [-0.2, 0) is 0 Å². The quantitative estimate of drug-likeness (QED) is 0.732. The van der Waals surface area contributed by atoms with Crippen LogP contribution in [0.1, 0.15) is 6.42 Å². The maximum absolute atomic E-state index is 8.85. The Morgan fingerprint density at radius 3 is 2.38 bits per heavy atom. The van der Waals surface area contributed by atoms with Crippen LogP contribution in [0.4, 0.5) is 11.6 Å². The Morgan fingerprint density at radius 2 is 1.62 bits per heavy atom. The number of benzene rings is 2. The van der Waals surface area contributed by atoms with Gasteiger partial charge in [0.05, 0.1) is 18.0 Å². The monoisotopic (exact) mass is 275 g/mol. The van der Waals surface area contributed by atoms with Crippen LogP contribution in [0.3, 0.4) is 0 Å². The first-order valence-electron chi connectivity index (χ1n) is 6.67. The summed E-state index contributed by atoms with van der Waals surface area (Å²) in [6, 6.07) is 19.5. The molecule has 0 aliphatic rings. The maximum Gasteiger partial charge on any atom is 0.250 e. The lowest BCUT2D eigenvalue weighted by atomic mass is 10.3. The first-order valence-corrected chi connectivity index (χ1v) is 6.67. The summed E-state index contributed by atoms with van der Waals surface area (Å²) in [5.41, 5.74) is 2.50. The van der Waals surface area contributed by atoms with Gasteiger partial charge in [-0.15, -0.1) is 10.2 Å². The number of hydrogen-bond donors (Lipinski definition) is 0. The van der Waals surface area contributed by atoms with Gasteiger partial charge in [-0.1, -0.05) is 30.3 Å². The Morgan fingerprint density at radius 1 is 0.905 bits per heavy atom. The second kappa shape index (κ2) is 5.97. The van der Waals surface area contributed by atoms with Crippen molar-refractivity contribution in [3.05, 3.63) is 54.6 Å². The lowest BCUT2D eigenvalue weighted by Gasteiger charge is -2.21. The van der Waals surface area contributed by atoms with Gasteiger partial charge in [0, 0.05) is 12.2 Å². The summed E-state index contributed by atoms with van der Waals surface area (Å²) in [6.07, 6.45) is 0.394. The Hall–Kier alpha value is -3.00. The van der Waals surface area contributed by atoms with Crippen molar-refractivity contribution in [1.82, 2.24) is 15.2 Å². The van der Waals surface area contributed by atoms with Crippen molar-refractivity contribution >= 4 is 22.7 Å². The van der Waals surface area contributed by atoms with Gasteiger partial charge >= 0.3 is 0 Å².